The summed E-state index contributed by atoms with van der Waals surface area (Å²) in [5, 5.41) is 3.44. The molecular weight excluding hydrogens is 194 g/mol. The van der Waals surface area contributed by atoms with Crippen LogP contribution in [0.5, 0.6) is 0 Å². The molecule has 1 aromatic carbocycles. The summed E-state index contributed by atoms with van der Waals surface area (Å²) >= 11 is 0. The van der Waals surface area contributed by atoms with Crippen molar-refractivity contribution in [2.45, 2.75) is 46.2 Å². The average molecular weight is 215 g/mol. The van der Waals surface area contributed by atoms with E-state index in [-0.39, 0.29) is 6.04 Å². The maximum atomic E-state index is 5.45. The molecule has 1 nitrogen and oxygen atoms in total. The zero-order valence-corrected chi connectivity index (χ0v) is 10.7. The van der Waals surface area contributed by atoms with Crippen molar-refractivity contribution in [2.24, 2.45) is 0 Å². The third-order valence-corrected chi connectivity index (χ3v) is 3.09. The van der Waals surface area contributed by atoms with Crippen LogP contribution in [0.2, 0.25) is 0 Å². The van der Waals surface area contributed by atoms with Crippen LogP contribution in [0.1, 0.15) is 43.0 Å². The Labute approximate surface area is 99.3 Å². The topological polar surface area (TPSA) is 12.0 Å². The van der Waals surface area contributed by atoms with E-state index in [1.54, 1.807) is 0 Å². The summed E-state index contributed by atoms with van der Waals surface area (Å²) in [6.45, 7) is 8.53. The highest BCUT2D eigenvalue weighted by Gasteiger charge is 2.09. The summed E-state index contributed by atoms with van der Waals surface area (Å²) in [7, 11) is 0. The molecule has 0 bridgehead atoms. The van der Waals surface area contributed by atoms with Crippen LogP contribution in [0.4, 0.5) is 0 Å². The van der Waals surface area contributed by atoms with Crippen LogP contribution in [0, 0.1) is 26.2 Å². The number of hydrogen-bond donors (Lipinski definition) is 1. The SMILES string of the molecule is C#CC(CC)NC(C)c1ccc(C)c(C)c1. The fraction of sp³-hybridized carbons (Fsp3) is 0.467. The second-order valence-corrected chi connectivity index (χ2v) is 4.36. The highest BCUT2D eigenvalue weighted by Crippen LogP contribution is 2.17. The van der Waals surface area contributed by atoms with Crippen LogP contribution in [-0.4, -0.2) is 6.04 Å². The first-order chi connectivity index (χ1) is 7.58. The van der Waals surface area contributed by atoms with E-state index >= 15 is 0 Å². The van der Waals surface area contributed by atoms with Crippen molar-refractivity contribution in [2.75, 3.05) is 0 Å². The molecule has 0 heterocycles. The van der Waals surface area contributed by atoms with E-state index in [9.17, 15) is 0 Å². The Kier molecular flexibility index (Phi) is 4.58. The normalized spacial score (nSPS) is 14.2. The van der Waals surface area contributed by atoms with E-state index in [1.807, 2.05) is 0 Å². The smallest absolute Gasteiger partial charge is 0.0688 e. The van der Waals surface area contributed by atoms with E-state index in [2.05, 4.69) is 57.1 Å². The van der Waals surface area contributed by atoms with Crippen LogP contribution in [0.25, 0.3) is 0 Å². The lowest BCUT2D eigenvalue weighted by atomic mass is 10.0. The molecule has 0 saturated carbocycles. The predicted octanol–water partition coefficient (Wildman–Crippen LogP) is 3.37. The maximum Gasteiger partial charge on any atom is 0.0688 e. The number of nitrogens with one attached hydrogen (secondary N) is 1. The molecule has 0 radical (unpaired) electrons. The Morgan fingerprint density at radius 1 is 1.31 bits per heavy atom. The fourth-order valence-electron chi connectivity index (χ4n) is 1.72. The van der Waals surface area contributed by atoms with Gasteiger partial charge in [-0.25, -0.2) is 0 Å². The van der Waals surface area contributed by atoms with Gasteiger partial charge in [-0.15, -0.1) is 6.42 Å². The second-order valence-electron chi connectivity index (χ2n) is 4.36. The molecule has 0 aliphatic carbocycles. The number of rotatable bonds is 4. The summed E-state index contributed by atoms with van der Waals surface area (Å²) in [5.41, 5.74) is 3.97. The Hall–Kier alpha value is -1.26. The largest absolute Gasteiger partial charge is 0.297 e. The summed E-state index contributed by atoms with van der Waals surface area (Å²) in [6.07, 6.45) is 6.42. The molecule has 2 unspecified atom stereocenters. The Balaban J connectivity index is 2.77. The highest BCUT2D eigenvalue weighted by atomic mass is 14.9. The minimum absolute atomic E-state index is 0.164. The van der Waals surface area contributed by atoms with Gasteiger partial charge in [-0.1, -0.05) is 31.0 Å². The van der Waals surface area contributed by atoms with Crippen molar-refractivity contribution in [3.63, 3.8) is 0 Å². The van der Waals surface area contributed by atoms with Gasteiger partial charge in [0, 0.05) is 6.04 Å². The van der Waals surface area contributed by atoms with Gasteiger partial charge in [-0.05, 0) is 43.9 Å². The molecular formula is C15H21N. The molecule has 0 saturated heterocycles. The van der Waals surface area contributed by atoms with Crippen molar-refractivity contribution >= 4 is 0 Å². The molecule has 2 atom stereocenters. The quantitative estimate of drug-likeness (QED) is 0.759. The predicted molar refractivity (Wildman–Crippen MR) is 70.4 cm³/mol. The van der Waals surface area contributed by atoms with Crippen molar-refractivity contribution in [1.82, 2.24) is 5.32 Å². The van der Waals surface area contributed by atoms with Crippen molar-refractivity contribution in [3.8, 4) is 12.3 Å². The molecule has 1 aromatic rings. The zero-order valence-electron chi connectivity index (χ0n) is 10.7. The van der Waals surface area contributed by atoms with E-state index < -0.39 is 0 Å². The van der Waals surface area contributed by atoms with Crippen molar-refractivity contribution < 1.29 is 0 Å². The van der Waals surface area contributed by atoms with Crippen LogP contribution in [0.15, 0.2) is 18.2 Å². The van der Waals surface area contributed by atoms with Crippen molar-refractivity contribution in [3.05, 3.63) is 34.9 Å². The molecule has 1 rings (SSSR count). The summed E-state index contributed by atoms with van der Waals surface area (Å²) in [5.74, 6) is 2.77. The number of hydrogen-bond acceptors (Lipinski definition) is 1. The lowest BCUT2D eigenvalue weighted by Gasteiger charge is -2.19. The van der Waals surface area contributed by atoms with Crippen LogP contribution < -0.4 is 5.32 Å². The summed E-state index contributed by atoms with van der Waals surface area (Å²) in [6, 6.07) is 7.04. The molecule has 0 aliphatic rings. The highest BCUT2D eigenvalue weighted by molar-refractivity contribution is 5.31. The molecule has 0 spiro atoms. The minimum atomic E-state index is 0.164. The monoisotopic (exact) mass is 215 g/mol. The number of aryl methyl sites for hydroxylation is 2. The van der Waals surface area contributed by atoms with E-state index in [1.165, 1.54) is 16.7 Å². The molecule has 0 aromatic heterocycles. The van der Waals surface area contributed by atoms with Crippen LogP contribution in [-0.2, 0) is 0 Å². The zero-order chi connectivity index (χ0) is 12.1. The maximum absolute atomic E-state index is 5.45. The second kappa shape index (κ2) is 5.72. The number of terminal acetylenes is 1. The molecule has 1 heteroatoms. The summed E-state index contributed by atoms with van der Waals surface area (Å²) < 4.78 is 0. The molecule has 0 amide bonds. The molecule has 1 N–H and O–H groups in total. The van der Waals surface area contributed by atoms with Gasteiger partial charge < -0.3 is 0 Å². The standard InChI is InChI=1S/C15H21N/c1-6-15(7-2)16-13(5)14-9-8-11(3)12(4)10-14/h1,8-10,13,15-16H,7H2,2-5H3. The Bertz CT molecular complexity index is 387. The molecule has 0 fully saturated rings. The van der Waals surface area contributed by atoms with Gasteiger partial charge in [0.15, 0.2) is 0 Å². The first-order valence-electron chi connectivity index (χ1n) is 5.87. The lowest BCUT2D eigenvalue weighted by molar-refractivity contribution is 0.512. The summed E-state index contributed by atoms with van der Waals surface area (Å²) in [4.78, 5) is 0. The van der Waals surface area contributed by atoms with Gasteiger partial charge >= 0.3 is 0 Å². The van der Waals surface area contributed by atoms with E-state index in [0.29, 0.717) is 6.04 Å². The van der Waals surface area contributed by atoms with Gasteiger partial charge in [0.25, 0.3) is 0 Å². The lowest BCUT2D eigenvalue weighted by Crippen LogP contribution is -2.29. The Morgan fingerprint density at radius 3 is 2.50 bits per heavy atom. The van der Waals surface area contributed by atoms with Gasteiger partial charge in [0.1, 0.15) is 0 Å². The first-order valence-corrected chi connectivity index (χ1v) is 5.87. The van der Waals surface area contributed by atoms with E-state index in [0.717, 1.165) is 6.42 Å². The molecule has 86 valence electrons. The molecule has 0 aliphatic heterocycles. The molecule has 16 heavy (non-hydrogen) atoms. The third-order valence-electron chi connectivity index (χ3n) is 3.09. The third kappa shape index (κ3) is 3.12. The minimum Gasteiger partial charge on any atom is -0.297 e. The van der Waals surface area contributed by atoms with Gasteiger partial charge in [0.05, 0.1) is 6.04 Å². The average Bonchev–Trinajstić information content (AvgIpc) is 2.29. The van der Waals surface area contributed by atoms with Gasteiger partial charge in [0.2, 0.25) is 0 Å². The van der Waals surface area contributed by atoms with E-state index in [4.69, 9.17) is 6.42 Å². The van der Waals surface area contributed by atoms with Gasteiger partial charge in [-0.2, -0.15) is 0 Å². The number of benzene rings is 1. The van der Waals surface area contributed by atoms with Crippen molar-refractivity contribution in [1.29, 1.82) is 0 Å². The van der Waals surface area contributed by atoms with Crippen LogP contribution >= 0.6 is 0 Å². The van der Waals surface area contributed by atoms with Gasteiger partial charge in [-0.3, -0.25) is 5.32 Å². The Morgan fingerprint density at radius 2 is 2.00 bits per heavy atom. The fourth-order valence-corrected chi connectivity index (χ4v) is 1.72. The first kappa shape index (κ1) is 12.8. The van der Waals surface area contributed by atoms with Crippen LogP contribution in [0.3, 0.4) is 0 Å².